The minimum atomic E-state index is -0.836. The van der Waals surface area contributed by atoms with Gasteiger partial charge in [0.15, 0.2) is 0 Å². The van der Waals surface area contributed by atoms with Gasteiger partial charge >= 0.3 is 0 Å². The average Bonchev–Trinajstić information content (AvgIpc) is 2.58. The Hall–Kier alpha value is -1.70. The third-order valence-electron chi connectivity index (χ3n) is 3.82. The maximum atomic E-state index is 12.1. The number of nitrogens with one attached hydrogen (secondary N) is 1. The molecule has 0 spiro atoms. The molecule has 136 valence electrons. The molecule has 0 unspecified atom stereocenters. The van der Waals surface area contributed by atoms with Crippen LogP contribution in [0.4, 0.5) is 0 Å². The number of nitrogens with two attached hydrogens (primary N) is 1. The highest BCUT2D eigenvalue weighted by molar-refractivity contribution is 5.86. The number of rotatable bonds is 7. The van der Waals surface area contributed by atoms with Crippen LogP contribution in [0.15, 0.2) is 18.2 Å². The van der Waals surface area contributed by atoms with Crippen LogP contribution in [0.5, 0.6) is 17.2 Å². The predicted molar refractivity (Wildman–Crippen MR) is 92.3 cm³/mol. The van der Waals surface area contributed by atoms with Gasteiger partial charge < -0.3 is 30.0 Å². The van der Waals surface area contributed by atoms with E-state index < -0.39 is 5.54 Å². The number of hydrogen-bond acceptors (Lipinski definition) is 6. The molecule has 1 fully saturated rings. The van der Waals surface area contributed by atoms with Gasteiger partial charge in [-0.05, 0) is 12.8 Å². The summed E-state index contributed by atoms with van der Waals surface area (Å²) in [7, 11) is 3.15. The molecule has 1 aliphatic rings. The van der Waals surface area contributed by atoms with Crippen LogP contribution < -0.4 is 25.3 Å². The zero-order valence-electron chi connectivity index (χ0n) is 14.0. The first-order chi connectivity index (χ1) is 11.1. The van der Waals surface area contributed by atoms with Gasteiger partial charge in [-0.1, -0.05) is 0 Å². The number of halogens is 1. The second-order valence-corrected chi connectivity index (χ2v) is 5.42. The summed E-state index contributed by atoms with van der Waals surface area (Å²) in [6.45, 7) is 1.74. The molecule has 0 aliphatic carbocycles. The minimum absolute atomic E-state index is 0. The van der Waals surface area contributed by atoms with Crippen molar-refractivity contribution in [1.29, 1.82) is 0 Å². The van der Waals surface area contributed by atoms with Crippen LogP contribution in [0.1, 0.15) is 12.8 Å². The van der Waals surface area contributed by atoms with Crippen LogP contribution in [-0.2, 0) is 9.53 Å². The first-order valence-electron chi connectivity index (χ1n) is 7.58. The molecular weight excluding hydrogens is 336 g/mol. The van der Waals surface area contributed by atoms with E-state index in [4.69, 9.17) is 24.7 Å². The summed E-state index contributed by atoms with van der Waals surface area (Å²) in [4.78, 5) is 12.1. The Morgan fingerprint density at radius 2 is 1.71 bits per heavy atom. The standard InChI is InChI=1S/C16H24N2O5.ClH/c1-20-12-9-13(21-2)11-14(10-12)23-8-5-18-15(19)16(17)3-6-22-7-4-16;/h9-11H,3-8,17H2,1-2H3,(H,18,19);1H. The molecule has 1 aliphatic heterocycles. The topological polar surface area (TPSA) is 92.0 Å². The zero-order chi connectivity index (χ0) is 16.7. The summed E-state index contributed by atoms with van der Waals surface area (Å²) in [5.74, 6) is 1.75. The summed E-state index contributed by atoms with van der Waals surface area (Å²) < 4.78 is 21.2. The van der Waals surface area contributed by atoms with E-state index in [9.17, 15) is 4.79 Å². The van der Waals surface area contributed by atoms with E-state index in [1.807, 2.05) is 0 Å². The van der Waals surface area contributed by atoms with Crippen molar-refractivity contribution in [2.75, 3.05) is 40.6 Å². The number of methoxy groups -OCH3 is 2. The molecule has 0 saturated carbocycles. The van der Waals surface area contributed by atoms with Crippen molar-refractivity contribution in [3.8, 4) is 17.2 Å². The summed E-state index contributed by atoms with van der Waals surface area (Å²) in [6, 6.07) is 5.28. The Labute approximate surface area is 148 Å². The molecule has 2 rings (SSSR count). The van der Waals surface area contributed by atoms with Crippen molar-refractivity contribution in [2.45, 2.75) is 18.4 Å². The number of carbonyl (C=O) groups is 1. The normalized spacial score (nSPS) is 15.8. The van der Waals surface area contributed by atoms with Gasteiger partial charge in [0.2, 0.25) is 5.91 Å². The smallest absolute Gasteiger partial charge is 0.240 e. The van der Waals surface area contributed by atoms with E-state index in [-0.39, 0.29) is 18.3 Å². The SMILES string of the molecule is COc1cc(OC)cc(OCCNC(=O)C2(N)CCOCC2)c1.Cl. The van der Waals surface area contributed by atoms with E-state index in [2.05, 4.69) is 5.32 Å². The third-order valence-corrected chi connectivity index (χ3v) is 3.82. The second kappa shape index (κ2) is 9.56. The highest BCUT2D eigenvalue weighted by Gasteiger charge is 2.35. The van der Waals surface area contributed by atoms with E-state index in [1.165, 1.54) is 0 Å². The molecule has 0 radical (unpaired) electrons. The van der Waals surface area contributed by atoms with Gasteiger partial charge in [-0.15, -0.1) is 12.4 Å². The molecule has 1 heterocycles. The molecule has 1 saturated heterocycles. The summed E-state index contributed by atoms with van der Waals surface area (Å²) >= 11 is 0. The van der Waals surface area contributed by atoms with Crippen LogP contribution >= 0.6 is 12.4 Å². The first-order valence-corrected chi connectivity index (χ1v) is 7.58. The van der Waals surface area contributed by atoms with Gasteiger partial charge in [0, 0.05) is 31.4 Å². The molecule has 0 bridgehead atoms. The molecule has 0 atom stereocenters. The maximum absolute atomic E-state index is 12.1. The van der Waals surface area contributed by atoms with Crippen molar-refractivity contribution < 1.29 is 23.7 Å². The molecule has 0 aromatic heterocycles. The van der Waals surface area contributed by atoms with Gasteiger partial charge in [0.25, 0.3) is 0 Å². The molecule has 24 heavy (non-hydrogen) atoms. The number of amides is 1. The number of benzene rings is 1. The first kappa shape index (κ1) is 20.3. The molecular formula is C16H25ClN2O5. The van der Waals surface area contributed by atoms with Crippen molar-refractivity contribution in [1.82, 2.24) is 5.32 Å². The number of hydrogen-bond donors (Lipinski definition) is 2. The van der Waals surface area contributed by atoms with Gasteiger partial charge in [-0.25, -0.2) is 0 Å². The molecule has 7 nitrogen and oxygen atoms in total. The van der Waals surface area contributed by atoms with Gasteiger partial charge in [-0.2, -0.15) is 0 Å². The van der Waals surface area contributed by atoms with E-state index >= 15 is 0 Å². The predicted octanol–water partition coefficient (Wildman–Crippen LogP) is 1.13. The third kappa shape index (κ3) is 5.43. The second-order valence-electron chi connectivity index (χ2n) is 5.42. The van der Waals surface area contributed by atoms with Gasteiger partial charge in [0.1, 0.15) is 23.9 Å². The Kier molecular flexibility index (Phi) is 8.10. The average molecular weight is 361 g/mol. The van der Waals surface area contributed by atoms with Crippen LogP contribution in [0.2, 0.25) is 0 Å². The van der Waals surface area contributed by atoms with Crippen LogP contribution in [0.3, 0.4) is 0 Å². The molecule has 1 aromatic rings. The monoisotopic (exact) mass is 360 g/mol. The van der Waals surface area contributed by atoms with E-state index in [1.54, 1.807) is 32.4 Å². The summed E-state index contributed by atoms with van der Waals surface area (Å²) in [6.07, 6.45) is 1.07. The lowest BCUT2D eigenvalue weighted by Gasteiger charge is -2.31. The zero-order valence-corrected chi connectivity index (χ0v) is 14.8. The van der Waals surface area contributed by atoms with Crippen molar-refractivity contribution in [3.63, 3.8) is 0 Å². The fourth-order valence-corrected chi connectivity index (χ4v) is 2.34. The molecule has 3 N–H and O–H groups in total. The quantitative estimate of drug-likeness (QED) is 0.708. The van der Waals surface area contributed by atoms with Crippen molar-refractivity contribution in [3.05, 3.63) is 18.2 Å². The fraction of sp³-hybridized carbons (Fsp3) is 0.562. The lowest BCUT2D eigenvalue weighted by Crippen LogP contribution is -2.57. The van der Waals surface area contributed by atoms with Crippen LogP contribution in [0, 0.1) is 0 Å². The lowest BCUT2D eigenvalue weighted by molar-refractivity contribution is -0.129. The van der Waals surface area contributed by atoms with Gasteiger partial charge in [0.05, 0.1) is 26.3 Å². The molecule has 1 aromatic carbocycles. The highest BCUT2D eigenvalue weighted by Crippen LogP contribution is 2.27. The Bertz CT molecular complexity index is 513. The van der Waals surface area contributed by atoms with E-state index in [0.717, 1.165) is 0 Å². The maximum Gasteiger partial charge on any atom is 0.240 e. The summed E-state index contributed by atoms with van der Waals surface area (Å²) in [5, 5.41) is 2.81. The largest absolute Gasteiger partial charge is 0.496 e. The van der Waals surface area contributed by atoms with E-state index in [0.29, 0.717) is 56.5 Å². The van der Waals surface area contributed by atoms with Crippen molar-refractivity contribution in [2.24, 2.45) is 5.73 Å². The van der Waals surface area contributed by atoms with Gasteiger partial charge in [-0.3, -0.25) is 4.79 Å². The molecule has 1 amide bonds. The van der Waals surface area contributed by atoms with Crippen LogP contribution in [-0.4, -0.2) is 52.0 Å². The number of ether oxygens (including phenoxy) is 4. The lowest BCUT2D eigenvalue weighted by atomic mass is 9.90. The number of carbonyl (C=O) groups excluding carboxylic acids is 1. The Morgan fingerprint density at radius 3 is 2.25 bits per heavy atom. The minimum Gasteiger partial charge on any atom is -0.496 e. The summed E-state index contributed by atoms with van der Waals surface area (Å²) in [5.41, 5.74) is 5.27. The fourth-order valence-electron chi connectivity index (χ4n) is 2.34. The van der Waals surface area contributed by atoms with Crippen LogP contribution in [0.25, 0.3) is 0 Å². The van der Waals surface area contributed by atoms with Crippen molar-refractivity contribution >= 4 is 18.3 Å². The Balaban J connectivity index is 0.00000288. The Morgan fingerprint density at radius 1 is 1.17 bits per heavy atom. The molecule has 8 heteroatoms. The highest BCUT2D eigenvalue weighted by atomic mass is 35.5.